The average molecular weight is 552 g/mol. The largest absolute Gasteiger partial charge is 0.496 e. The van der Waals surface area contributed by atoms with Crippen LogP contribution in [0.3, 0.4) is 0 Å². The number of ether oxygens (including phenoxy) is 5. The fourth-order valence-electron chi connectivity index (χ4n) is 4.59. The fourth-order valence-corrected chi connectivity index (χ4v) is 4.97. The lowest BCUT2D eigenvalue weighted by atomic mass is 9.99. The highest BCUT2D eigenvalue weighted by atomic mass is 79.9. The highest BCUT2D eigenvalue weighted by Gasteiger charge is 2.34. The molecule has 2 aliphatic rings. The first kappa shape index (κ1) is 24.2. The molecule has 0 amide bonds. The average Bonchev–Trinajstić information content (AvgIpc) is 3.19. The Bertz CT molecular complexity index is 1380. The zero-order valence-electron chi connectivity index (χ0n) is 20.5. The van der Waals surface area contributed by atoms with Crippen molar-refractivity contribution in [3.8, 4) is 28.7 Å². The number of carbonyl (C=O) groups excluding carboxylic acids is 1. The van der Waals surface area contributed by atoms with E-state index in [1.165, 1.54) is 0 Å². The van der Waals surface area contributed by atoms with Crippen molar-refractivity contribution >= 4 is 27.8 Å². The van der Waals surface area contributed by atoms with Crippen LogP contribution in [0.4, 0.5) is 0 Å². The van der Waals surface area contributed by atoms with Crippen LogP contribution < -0.4 is 23.7 Å². The van der Waals surface area contributed by atoms with Crippen LogP contribution in [0, 0.1) is 6.92 Å². The van der Waals surface area contributed by atoms with Crippen molar-refractivity contribution in [1.29, 1.82) is 0 Å². The standard InChI is InChI=1S/C28H26BrNO6/c1-16-27-19(14-30(15-35-27)13-17-5-7-23(33-3)24(9-17)34-4)11-21-26(31)25(36-28(16)21)12-18-10-20(29)6-8-22(18)32-2/h5-12H,13-15H2,1-4H3/b25-12-. The van der Waals surface area contributed by atoms with Gasteiger partial charge in [-0.1, -0.05) is 22.0 Å². The molecule has 0 N–H and O–H groups in total. The second kappa shape index (κ2) is 9.87. The number of hydrogen-bond acceptors (Lipinski definition) is 7. The lowest BCUT2D eigenvalue weighted by molar-refractivity contribution is 0.0876. The predicted molar refractivity (Wildman–Crippen MR) is 139 cm³/mol. The Labute approximate surface area is 218 Å². The molecule has 0 spiro atoms. The summed E-state index contributed by atoms with van der Waals surface area (Å²) in [5.74, 6) is 3.45. The summed E-state index contributed by atoms with van der Waals surface area (Å²) >= 11 is 3.47. The monoisotopic (exact) mass is 551 g/mol. The predicted octanol–water partition coefficient (Wildman–Crippen LogP) is 5.75. The number of ketones is 1. The Morgan fingerprint density at radius 3 is 2.47 bits per heavy atom. The SMILES string of the molecule is COc1ccc(Br)cc1/C=C1\Oc2c(cc3c(c2C)OCN(Cc2ccc(OC)c(OC)c2)C3)C1=O. The fraction of sp³-hybridized carbons (Fsp3) is 0.250. The molecule has 0 saturated carbocycles. The van der Waals surface area contributed by atoms with Crippen LogP contribution in [0.25, 0.3) is 6.08 Å². The summed E-state index contributed by atoms with van der Waals surface area (Å²) < 4.78 is 29.3. The molecule has 3 aromatic rings. The molecule has 0 atom stereocenters. The molecule has 0 bridgehead atoms. The number of carbonyl (C=O) groups is 1. The van der Waals surface area contributed by atoms with Crippen LogP contribution in [0.2, 0.25) is 0 Å². The van der Waals surface area contributed by atoms with Crippen molar-refractivity contribution < 1.29 is 28.5 Å². The third-order valence-electron chi connectivity index (χ3n) is 6.33. The van der Waals surface area contributed by atoms with Gasteiger partial charge in [0.15, 0.2) is 17.3 Å². The molecule has 7 nitrogen and oxygen atoms in total. The molecule has 2 heterocycles. The second-order valence-corrected chi connectivity index (χ2v) is 9.56. The maximum atomic E-state index is 13.3. The van der Waals surface area contributed by atoms with Crippen molar-refractivity contribution in [2.24, 2.45) is 0 Å². The number of Topliss-reactive ketones (excluding diaryl/α,β-unsaturated/α-hetero) is 1. The van der Waals surface area contributed by atoms with Crippen LogP contribution in [0.5, 0.6) is 28.7 Å². The molecular formula is C28H26BrNO6. The zero-order chi connectivity index (χ0) is 25.4. The van der Waals surface area contributed by atoms with Gasteiger partial charge in [0.2, 0.25) is 5.78 Å². The Balaban J connectivity index is 1.41. The Kier molecular flexibility index (Phi) is 6.64. The third-order valence-corrected chi connectivity index (χ3v) is 6.83. The van der Waals surface area contributed by atoms with E-state index in [2.05, 4.69) is 20.8 Å². The summed E-state index contributed by atoms with van der Waals surface area (Å²) in [7, 11) is 4.84. The summed E-state index contributed by atoms with van der Waals surface area (Å²) in [5, 5.41) is 0. The van der Waals surface area contributed by atoms with Gasteiger partial charge in [-0.15, -0.1) is 0 Å². The lowest BCUT2D eigenvalue weighted by Gasteiger charge is -2.30. The maximum Gasteiger partial charge on any atom is 0.231 e. The van der Waals surface area contributed by atoms with E-state index < -0.39 is 0 Å². The first-order chi connectivity index (χ1) is 17.4. The van der Waals surface area contributed by atoms with Crippen LogP contribution in [0.15, 0.2) is 52.7 Å². The van der Waals surface area contributed by atoms with Crippen molar-refractivity contribution in [2.75, 3.05) is 28.1 Å². The number of benzene rings is 3. The number of hydrogen-bond donors (Lipinski definition) is 0. The summed E-state index contributed by atoms with van der Waals surface area (Å²) in [5.41, 5.74) is 4.15. The van der Waals surface area contributed by atoms with E-state index in [0.717, 1.165) is 32.5 Å². The van der Waals surface area contributed by atoms with E-state index in [0.29, 0.717) is 48.4 Å². The minimum absolute atomic E-state index is 0.157. The van der Waals surface area contributed by atoms with Gasteiger partial charge >= 0.3 is 0 Å². The van der Waals surface area contributed by atoms with E-state index in [-0.39, 0.29) is 11.5 Å². The van der Waals surface area contributed by atoms with Gasteiger partial charge in [-0.2, -0.15) is 0 Å². The molecule has 0 unspecified atom stereocenters. The quantitative estimate of drug-likeness (QED) is 0.361. The molecule has 2 aliphatic heterocycles. The van der Waals surface area contributed by atoms with Gasteiger partial charge in [0, 0.05) is 34.3 Å². The van der Waals surface area contributed by atoms with E-state index in [1.807, 2.05) is 49.4 Å². The number of fused-ring (bicyclic) bond motifs is 2. The number of halogens is 1. The van der Waals surface area contributed by atoms with Crippen molar-refractivity contribution in [3.05, 3.63) is 80.5 Å². The zero-order valence-corrected chi connectivity index (χ0v) is 22.1. The van der Waals surface area contributed by atoms with Crippen molar-refractivity contribution in [1.82, 2.24) is 4.90 Å². The van der Waals surface area contributed by atoms with E-state index in [4.69, 9.17) is 23.7 Å². The van der Waals surface area contributed by atoms with Gasteiger partial charge in [-0.05, 0) is 55.0 Å². The first-order valence-corrected chi connectivity index (χ1v) is 12.2. The summed E-state index contributed by atoms with van der Waals surface area (Å²) in [6.07, 6.45) is 1.72. The number of methoxy groups -OCH3 is 3. The van der Waals surface area contributed by atoms with Crippen LogP contribution in [0.1, 0.15) is 32.6 Å². The normalized spacial score (nSPS) is 15.7. The minimum Gasteiger partial charge on any atom is -0.496 e. The van der Waals surface area contributed by atoms with Gasteiger partial charge in [0.25, 0.3) is 0 Å². The number of rotatable bonds is 6. The van der Waals surface area contributed by atoms with Gasteiger partial charge in [0.1, 0.15) is 24.0 Å². The Morgan fingerprint density at radius 1 is 0.972 bits per heavy atom. The minimum atomic E-state index is -0.157. The molecule has 186 valence electrons. The maximum absolute atomic E-state index is 13.3. The smallest absolute Gasteiger partial charge is 0.231 e. The molecule has 0 fully saturated rings. The van der Waals surface area contributed by atoms with Gasteiger partial charge < -0.3 is 23.7 Å². The van der Waals surface area contributed by atoms with Crippen LogP contribution in [-0.4, -0.2) is 38.7 Å². The molecule has 8 heteroatoms. The summed E-state index contributed by atoms with van der Waals surface area (Å²) in [6.45, 7) is 3.65. The van der Waals surface area contributed by atoms with E-state index in [1.54, 1.807) is 27.4 Å². The molecular weight excluding hydrogens is 526 g/mol. The molecule has 36 heavy (non-hydrogen) atoms. The molecule has 0 radical (unpaired) electrons. The van der Waals surface area contributed by atoms with Crippen LogP contribution >= 0.6 is 15.9 Å². The Morgan fingerprint density at radius 2 is 1.72 bits per heavy atom. The highest BCUT2D eigenvalue weighted by molar-refractivity contribution is 9.10. The molecule has 0 aliphatic carbocycles. The van der Waals surface area contributed by atoms with E-state index in [9.17, 15) is 4.79 Å². The molecule has 5 rings (SSSR count). The van der Waals surface area contributed by atoms with Gasteiger partial charge in [-0.3, -0.25) is 9.69 Å². The second-order valence-electron chi connectivity index (χ2n) is 8.64. The van der Waals surface area contributed by atoms with Crippen molar-refractivity contribution in [3.63, 3.8) is 0 Å². The molecule has 0 saturated heterocycles. The van der Waals surface area contributed by atoms with Gasteiger partial charge in [-0.25, -0.2) is 0 Å². The van der Waals surface area contributed by atoms with E-state index >= 15 is 0 Å². The van der Waals surface area contributed by atoms with Crippen LogP contribution in [-0.2, 0) is 13.1 Å². The number of allylic oxidation sites excluding steroid dienone is 1. The molecule has 3 aromatic carbocycles. The first-order valence-electron chi connectivity index (χ1n) is 11.4. The molecule has 0 aromatic heterocycles. The lowest BCUT2D eigenvalue weighted by Crippen LogP contribution is -2.32. The topological polar surface area (TPSA) is 66.5 Å². The highest BCUT2D eigenvalue weighted by Crippen LogP contribution is 2.44. The third kappa shape index (κ3) is 4.42. The summed E-state index contributed by atoms with van der Waals surface area (Å²) in [4.78, 5) is 15.5. The van der Waals surface area contributed by atoms with Gasteiger partial charge in [0.05, 0.1) is 26.9 Å². The van der Waals surface area contributed by atoms with Crippen molar-refractivity contribution in [2.45, 2.75) is 20.0 Å². The Hall–Kier alpha value is -3.49. The number of nitrogens with zero attached hydrogens (tertiary/aromatic N) is 1. The summed E-state index contributed by atoms with van der Waals surface area (Å²) in [6, 6.07) is 13.4.